The van der Waals surface area contributed by atoms with Gasteiger partial charge in [0.05, 0.1) is 4.90 Å². The van der Waals surface area contributed by atoms with E-state index in [0.29, 0.717) is 12.0 Å². The van der Waals surface area contributed by atoms with E-state index in [1.807, 2.05) is 0 Å². The van der Waals surface area contributed by atoms with Crippen molar-refractivity contribution < 1.29 is 23.1 Å². The third-order valence-corrected chi connectivity index (χ3v) is 4.54. The van der Waals surface area contributed by atoms with Crippen molar-refractivity contribution >= 4 is 21.9 Å². The standard InChI is InChI=1S/C14H20N2O5S/c1-14(2,9-8-12(17)18)16-13(19)10-4-6-11(7-5-10)22(20,21)15-3/h4-7,15H,8-9H2,1-3H3,(H,16,19)(H,17,18). The summed E-state index contributed by atoms with van der Waals surface area (Å²) in [6, 6.07) is 5.50. The maximum Gasteiger partial charge on any atom is 0.303 e. The van der Waals surface area contributed by atoms with Gasteiger partial charge in [-0.25, -0.2) is 13.1 Å². The average Bonchev–Trinajstić information content (AvgIpc) is 2.45. The van der Waals surface area contributed by atoms with Crippen molar-refractivity contribution in [1.82, 2.24) is 10.0 Å². The SMILES string of the molecule is CNS(=O)(=O)c1ccc(C(=O)NC(C)(C)CCC(=O)O)cc1. The monoisotopic (exact) mass is 328 g/mol. The third-order valence-electron chi connectivity index (χ3n) is 3.11. The Morgan fingerprint density at radius 2 is 1.73 bits per heavy atom. The van der Waals surface area contributed by atoms with Crippen LogP contribution in [0.4, 0.5) is 0 Å². The van der Waals surface area contributed by atoms with Crippen LogP contribution < -0.4 is 10.0 Å². The highest BCUT2D eigenvalue weighted by atomic mass is 32.2. The fourth-order valence-electron chi connectivity index (χ4n) is 1.76. The molecule has 0 aromatic heterocycles. The van der Waals surface area contributed by atoms with Crippen molar-refractivity contribution in [3.8, 4) is 0 Å². The van der Waals surface area contributed by atoms with Crippen molar-refractivity contribution in [3.05, 3.63) is 29.8 Å². The minimum Gasteiger partial charge on any atom is -0.481 e. The van der Waals surface area contributed by atoms with E-state index in [1.54, 1.807) is 13.8 Å². The van der Waals surface area contributed by atoms with Crippen LogP contribution in [0, 0.1) is 0 Å². The molecular weight excluding hydrogens is 308 g/mol. The summed E-state index contributed by atoms with van der Waals surface area (Å²) in [6.45, 7) is 3.46. The molecule has 0 atom stereocenters. The summed E-state index contributed by atoms with van der Waals surface area (Å²) in [5.41, 5.74) is -0.371. The molecular formula is C14H20N2O5S. The summed E-state index contributed by atoms with van der Waals surface area (Å²) in [4.78, 5) is 22.8. The molecule has 0 spiro atoms. The number of amides is 1. The Hall–Kier alpha value is -1.93. The fraction of sp³-hybridized carbons (Fsp3) is 0.429. The maximum absolute atomic E-state index is 12.1. The van der Waals surface area contributed by atoms with Crippen LogP contribution in [-0.4, -0.2) is 38.0 Å². The quantitative estimate of drug-likeness (QED) is 0.690. The van der Waals surface area contributed by atoms with Crippen LogP contribution in [0.1, 0.15) is 37.0 Å². The number of nitrogens with one attached hydrogen (secondary N) is 2. The molecule has 1 aromatic rings. The second-order valence-corrected chi connectivity index (χ2v) is 7.35. The minimum atomic E-state index is -3.54. The zero-order valence-electron chi connectivity index (χ0n) is 12.7. The van der Waals surface area contributed by atoms with E-state index in [0.717, 1.165) is 0 Å². The van der Waals surface area contributed by atoms with Crippen molar-refractivity contribution in [1.29, 1.82) is 0 Å². The van der Waals surface area contributed by atoms with E-state index >= 15 is 0 Å². The molecule has 1 rings (SSSR count). The predicted octanol–water partition coefficient (Wildman–Crippen LogP) is 0.968. The number of carbonyl (C=O) groups excluding carboxylic acids is 1. The van der Waals surface area contributed by atoms with Gasteiger partial charge in [0, 0.05) is 17.5 Å². The summed E-state index contributed by atoms with van der Waals surface area (Å²) in [5, 5.41) is 11.4. The van der Waals surface area contributed by atoms with Gasteiger partial charge in [-0.05, 0) is 51.6 Å². The highest BCUT2D eigenvalue weighted by Gasteiger charge is 2.22. The first-order valence-electron chi connectivity index (χ1n) is 6.65. The molecule has 0 saturated carbocycles. The lowest BCUT2D eigenvalue weighted by molar-refractivity contribution is -0.137. The van der Waals surface area contributed by atoms with E-state index < -0.39 is 21.5 Å². The van der Waals surface area contributed by atoms with Crippen LogP contribution in [0.2, 0.25) is 0 Å². The average molecular weight is 328 g/mol. The van der Waals surface area contributed by atoms with Gasteiger partial charge in [-0.15, -0.1) is 0 Å². The number of hydrogen-bond acceptors (Lipinski definition) is 4. The molecule has 0 heterocycles. The fourth-order valence-corrected chi connectivity index (χ4v) is 2.49. The Morgan fingerprint density at radius 3 is 2.18 bits per heavy atom. The molecule has 3 N–H and O–H groups in total. The second-order valence-electron chi connectivity index (χ2n) is 5.46. The molecule has 8 heteroatoms. The molecule has 0 bridgehead atoms. The number of carbonyl (C=O) groups is 2. The second kappa shape index (κ2) is 6.89. The van der Waals surface area contributed by atoms with Gasteiger partial charge in [0.2, 0.25) is 10.0 Å². The minimum absolute atomic E-state index is 0.0490. The molecule has 0 saturated heterocycles. The lowest BCUT2D eigenvalue weighted by atomic mass is 9.98. The molecule has 0 radical (unpaired) electrons. The summed E-state index contributed by atoms with van der Waals surface area (Å²) in [5.74, 6) is -1.31. The molecule has 0 aliphatic rings. The van der Waals surface area contributed by atoms with E-state index in [-0.39, 0.29) is 17.2 Å². The van der Waals surface area contributed by atoms with Gasteiger partial charge >= 0.3 is 5.97 Å². The van der Waals surface area contributed by atoms with Crippen LogP contribution in [0.3, 0.4) is 0 Å². The van der Waals surface area contributed by atoms with Crippen LogP contribution in [0.25, 0.3) is 0 Å². The van der Waals surface area contributed by atoms with Crippen LogP contribution in [0.15, 0.2) is 29.2 Å². The Morgan fingerprint density at radius 1 is 1.18 bits per heavy atom. The lowest BCUT2D eigenvalue weighted by Crippen LogP contribution is -2.43. The summed E-state index contributed by atoms with van der Waals surface area (Å²) >= 11 is 0. The zero-order chi connectivity index (χ0) is 17.0. The van der Waals surface area contributed by atoms with Crippen LogP contribution in [0.5, 0.6) is 0 Å². The van der Waals surface area contributed by atoms with Crippen molar-refractivity contribution in [2.75, 3.05) is 7.05 Å². The smallest absolute Gasteiger partial charge is 0.303 e. The van der Waals surface area contributed by atoms with Crippen molar-refractivity contribution in [2.45, 2.75) is 37.1 Å². The van der Waals surface area contributed by atoms with E-state index in [1.165, 1.54) is 31.3 Å². The van der Waals surface area contributed by atoms with Gasteiger partial charge in [-0.3, -0.25) is 9.59 Å². The van der Waals surface area contributed by atoms with Crippen LogP contribution >= 0.6 is 0 Å². The van der Waals surface area contributed by atoms with Crippen LogP contribution in [-0.2, 0) is 14.8 Å². The normalized spacial score (nSPS) is 12.0. The Kier molecular flexibility index (Phi) is 5.67. The van der Waals surface area contributed by atoms with Crippen molar-refractivity contribution in [2.24, 2.45) is 0 Å². The largest absolute Gasteiger partial charge is 0.481 e. The van der Waals surface area contributed by atoms with Crippen molar-refractivity contribution in [3.63, 3.8) is 0 Å². The van der Waals surface area contributed by atoms with E-state index in [2.05, 4.69) is 10.0 Å². The van der Waals surface area contributed by atoms with Gasteiger partial charge in [-0.1, -0.05) is 0 Å². The number of sulfonamides is 1. The number of carboxylic acids is 1. The Bertz CT molecular complexity index is 650. The number of hydrogen-bond donors (Lipinski definition) is 3. The highest BCUT2D eigenvalue weighted by Crippen LogP contribution is 2.14. The topological polar surface area (TPSA) is 113 Å². The molecule has 0 aliphatic heterocycles. The molecule has 1 aromatic carbocycles. The summed E-state index contributed by atoms with van der Waals surface area (Å²) in [6.07, 6.45) is 0.243. The first kappa shape index (κ1) is 18.1. The highest BCUT2D eigenvalue weighted by molar-refractivity contribution is 7.89. The van der Waals surface area contributed by atoms with Gasteiger partial charge < -0.3 is 10.4 Å². The molecule has 7 nitrogen and oxygen atoms in total. The van der Waals surface area contributed by atoms with Gasteiger partial charge in [0.1, 0.15) is 0 Å². The van der Waals surface area contributed by atoms with E-state index in [9.17, 15) is 18.0 Å². The van der Waals surface area contributed by atoms with Gasteiger partial charge in [0.25, 0.3) is 5.91 Å². The predicted molar refractivity (Wildman–Crippen MR) is 81.1 cm³/mol. The number of aliphatic carboxylic acids is 1. The number of rotatable bonds is 7. The molecule has 0 unspecified atom stereocenters. The first-order valence-corrected chi connectivity index (χ1v) is 8.14. The summed E-state index contributed by atoms with van der Waals surface area (Å²) < 4.78 is 25.4. The lowest BCUT2D eigenvalue weighted by Gasteiger charge is -2.25. The molecule has 122 valence electrons. The molecule has 22 heavy (non-hydrogen) atoms. The Balaban J connectivity index is 2.80. The first-order chi connectivity index (χ1) is 10.1. The molecule has 0 aliphatic carbocycles. The Labute approximate surface area is 129 Å². The van der Waals surface area contributed by atoms with Gasteiger partial charge in [0.15, 0.2) is 0 Å². The third kappa shape index (κ3) is 5.12. The molecule has 1 amide bonds. The van der Waals surface area contributed by atoms with E-state index in [4.69, 9.17) is 5.11 Å². The number of carboxylic acid groups (broad SMARTS) is 1. The number of benzene rings is 1. The summed E-state index contributed by atoms with van der Waals surface area (Å²) in [7, 11) is -2.23. The molecule has 0 fully saturated rings. The van der Waals surface area contributed by atoms with Gasteiger partial charge in [-0.2, -0.15) is 0 Å². The zero-order valence-corrected chi connectivity index (χ0v) is 13.5. The maximum atomic E-state index is 12.1.